The molecule has 0 radical (unpaired) electrons. The second-order valence-corrected chi connectivity index (χ2v) is 4.35. The van der Waals surface area contributed by atoms with Crippen molar-refractivity contribution in [2.75, 3.05) is 26.8 Å². The molecule has 0 atom stereocenters. The fourth-order valence-electron chi connectivity index (χ4n) is 1.74. The van der Waals surface area contributed by atoms with Crippen molar-refractivity contribution in [2.24, 2.45) is 0 Å². The largest absolute Gasteiger partial charge is 0.484 e. The van der Waals surface area contributed by atoms with Crippen molar-refractivity contribution in [1.82, 2.24) is 4.90 Å². The third-order valence-corrected chi connectivity index (χ3v) is 2.99. The van der Waals surface area contributed by atoms with E-state index >= 15 is 0 Å². The highest BCUT2D eigenvalue weighted by Crippen LogP contribution is 2.16. The topological polar surface area (TPSA) is 55.8 Å². The summed E-state index contributed by atoms with van der Waals surface area (Å²) in [4.78, 5) is 24.7. The van der Waals surface area contributed by atoms with Crippen molar-refractivity contribution in [3.05, 3.63) is 29.8 Å². The van der Waals surface area contributed by atoms with E-state index < -0.39 is 0 Å². The molecule has 20 heavy (non-hydrogen) atoms. The van der Waals surface area contributed by atoms with Crippen LogP contribution in [-0.2, 0) is 14.3 Å². The number of methoxy groups -OCH3 is 1. The van der Waals surface area contributed by atoms with Crippen LogP contribution in [-0.4, -0.2) is 43.6 Å². The summed E-state index contributed by atoms with van der Waals surface area (Å²) in [5, 5.41) is 0. The number of amides is 1. The first-order chi connectivity index (χ1) is 9.58. The zero-order valence-corrected chi connectivity index (χ0v) is 12.2. The maximum absolute atomic E-state index is 12.0. The van der Waals surface area contributed by atoms with Crippen molar-refractivity contribution < 1.29 is 19.1 Å². The number of ether oxygens (including phenoxy) is 2. The van der Waals surface area contributed by atoms with E-state index in [1.807, 2.05) is 38.1 Å². The lowest BCUT2D eigenvalue weighted by molar-refractivity contribution is -0.142. The Hall–Kier alpha value is -2.04. The van der Waals surface area contributed by atoms with Gasteiger partial charge in [-0.3, -0.25) is 9.59 Å². The number of carbonyl (C=O) groups is 2. The average Bonchev–Trinajstić information content (AvgIpc) is 2.46. The Morgan fingerprint density at radius 3 is 2.55 bits per heavy atom. The maximum atomic E-state index is 12.0. The van der Waals surface area contributed by atoms with Gasteiger partial charge in [0.15, 0.2) is 6.61 Å². The molecule has 0 saturated heterocycles. The van der Waals surface area contributed by atoms with E-state index in [9.17, 15) is 9.59 Å². The summed E-state index contributed by atoms with van der Waals surface area (Å²) in [5.41, 5.74) is 0.984. The molecular weight excluding hydrogens is 258 g/mol. The predicted molar refractivity (Wildman–Crippen MR) is 75.6 cm³/mol. The molecule has 0 aromatic heterocycles. The number of para-hydroxylation sites is 1. The van der Waals surface area contributed by atoms with Crippen LogP contribution in [0.4, 0.5) is 0 Å². The Labute approximate surface area is 119 Å². The average molecular weight is 279 g/mol. The number of rotatable bonds is 7. The van der Waals surface area contributed by atoms with Crippen LogP contribution in [0.5, 0.6) is 5.75 Å². The van der Waals surface area contributed by atoms with Gasteiger partial charge < -0.3 is 14.4 Å². The van der Waals surface area contributed by atoms with Gasteiger partial charge in [-0.25, -0.2) is 0 Å². The van der Waals surface area contributed by atoms with Crippen molar-refractivity contribution in [3.8, 4) is 5.75 Å². The minimum Gasteiger partial charge on any atom is -0.484 e. The van der Waals surface area contributed by atoms with Gasteiger partial charge in [0.2, 0.25) is 0 Å². The highest BCUT2D eigenvalue weighted by Gasteiger charge is 2.14. The van der Waals surface area contributed by atoms with Crippen LogP contribution in [0.3, 0.4) is 0 Å². The van der Waals surface area contributed by atoms with Crippen molar-refractivity contribution in [3.63, 3.8) is 0 Å². The Morgan fingerprint density at radius 2 is 1.95 bits per heavy atom. The van der Waals surface area contributed by atoms with E-state index in [2.05, 4.69) is 4.74 Å². The standard InChI is InChI=1S/C15H21NO4/c1-4-16(10-9-15(18)19-3)14(17)11-20-13-8-6-5-7-12(13)2/h5-8H,4,9-11H2,1-3H3. The van der Waals surface area contributed by atoms with Gasteiger partial charge >= 0.3 is 5.97 Å². The molecule has 1 rings (SSSR count). The number of benzene rings is 1. The van der Waals surface area contributed by atoms with Gasteiger partial charge in [0.25, 0.3) is 5.91 Å². The molecule has 0 aliphatic rings. The number of likely N-dealkylation sites (N-methyl/N-ethyl adjacent to an activating group) is 1. The number of nitrogens with zero attached hydrogens (tertiary/aromatic N) is 1. The van der Waals surface area contributed by atoms with E-state index in [0.29, 0.717) is 18.8 Å². The SMILES string of the molecule is CCN(CCC(=O)OC)C(=O)COc1ccccc1C. The van der Waals surface area contributed by atoms with Crippen LogP contribution in [0.15, 0.2) is 24.3 Å². The van der Waals surface area contributed by atoms with Gasteiger partial charge in [-0.15, -0.1) is 0 Å². The van der Waals surface area contributed by atoms with E-state index in [1.54, 1.807) is 4.90 Å². The highest BCUT2D eigenvalue weighted by molar-refractivity contribution is 5.78. The summed E-state index contributed by atoms with van der Waals surface area (Å²) in [7, 11) is 1.34. The monoisotopic (exact) mass is 279 g/mol. The predicted octanol–water partition coefficient (Wildman–Crippen LogP) is 1.79. The first kappa shape index (κ1) is 16.0. The van der Waals surface area contributed by atoms with E-state index in [4.69, 9.17) is 4.74 Å². The molecular formula is C15H21NO4. The molecule has 5 heteroatoms. The number of carbonyl (C=O) groups excluding carboxylic acids is 2. The van der Waals surface area contributed by atoms with Crippen molar-refractivity contribution >= 4 is 11.9 Å². The third kappa shape index (κ3) is 4.91. The molecule has 5 nitrogen and oxygen atoms in total. The Morgan fingerprint density at radius 1 is 1.25 bits per heavy atom. The summed E-state index contributed by atoms with van der Waals surface area (Å²) >= 11 is 0. The molecule has 0 saturated carbocycles. The molecule has 1 amide bonds. The number of aryl methyl sites for hydroxylation is 1. The van der Waals surface area contributed by atoms with Crippen LogP contribution >= 0.6 is 0 Å². The molecule has 1 aromatic carbocycles. The van der Waals surface area contributed by atoms with Crippen LogP contribution in [0.25, 0.3) is 0 Å². The lowest BCUT2D eigenvalue weighted by Gasteiger charge is -2.20. The quantitative estimate of drug-likeness (QED) is 0.714. The van der Waals surface area contributed by atoms with Crippen LogP contribution in [0.2, 0.25) is 0 Å². The lowest BCUT2D eigenvalue weighted by atomic mass is 10.2. The molecule has 110 valence electrons. The second kappa shape index (κ2) is 8.19. The second-order valence-electron chi connectivity index (χ2n) is 4.35. The van der Waals surface area contributed by atoms with Gasteiger partial charge in [0.1, 0.15) is 5.75 Å². The van der Waals surface area contributed by atoms with E-state index in [-0.39, 0.29) is 24.9 Å². The summed E-state index contributed by atoms with van der Waals surface area (Å²) < 4.78 is 10.1. The molecule has 0 heterocycles. The molecule has 0 bridgehead atoms. The molecule has 0 aliphatic carbocycles. The minimum absolute atomic E-state index is 0.0279. The Kier molecular flexibility index (Phi) is 6.56. The number of hydrogen-bond acceptors (Lipinski definition) is 4. The fraction of sp³-hybridized carbons (Fsp3) is 0.467. The zero-order chi connectivity index (χ0) is 15.0. The van der Waals surface area contributed by atoms with Crippen LogP contribution < -0.4 is 4.74 Å². The fourth-order valence-corrected chi connectivity index (χ4v) is 1.74. The number of hydrogen-bond donors (Lipinski definition) is 0. The van der Waals surface area contributed by atoms with Gasteiger partial charge in [-0.2, -0.15) is 0 Å². The molecule has 0 fully saturated rings. The summed E-state index contributed by atoms with van der Waals surface area (Å²) in [5.74, 6) is 0.237. The smallest absolute Gasteiger partial charge is 0.307 e. The van der Waals surface area contributed by atoms with E-state index in [1.165, 1.54) is 7.11 Å². The summed E-state index contributed by atoms with van der Waals surface area (Å²) in [6, 6.07) is 7.53. The van der Waals surface area contributed by atoms with Gasteiger partial charge in [-0.1, -0.05) is 18.2 Å². The minimum atomic E-state index is -0.323. The maximum Gasteiger partial charge on any atom is 0.307 e. The Balaban J connectivity index is 2.47. The molecule has 1 aromatic rings. The number of esters is 1. The highest BCUT2D eigenvalue weighted by atomic mass is 16.5. The van der Waals surface area contributed by atoms with Crippen molar-refractivity contribution in [2.45, 2.75) is 20.3 Å². The third-order valence-electron chi connectivity index (χ3n) is 2.99. The van der Waals surface area contributed by atoms with Gasteiger partial charge in [0.05, 0.1) is 13.5 Å². The van der Waals surface area contributed by atoms with Gasteiger partial charge in [-0.05, 0) is 25.5 Å². The molecule has 0 N–H and O–H groups in total. The zero-order valence-electron chi connectivity index (χ0n) is 12.2. The normalized spacial score (nSPS) is 9.95. The Bertz CT molecular complexity index is 459. The van der Waals surface area contributed by atoms with Gasteiger partial charge in [0, 0.05) is 13.1 Å². The molecule has 0 spiro atoms. The summed E-state index contributed by atoms with van der Waals surface area (Å²) in [6.07, 6.45) is 0.195. The van der Waals surface area contributed by atoms with Crippen LogP contribution in [0, 0.1) is 6.92 Å². The molecule has 0 aliphatic heterocycles. The summed E-state index contributed by atoms with van der Waals surface area (Å²) in [6.45, 7) is 4.64. The van der Waals surface area contributed by atoms with Crippen molar-refractivity contribution in [1.29, 1.82) is 0 Å². The first-order valence-corrected chi connectivity index (χ1v) is 6.61. The van der Waals surface area contributed by atoms with E-state index in [0.717, 1.165) is 5.56 Å². The first-order valence-electron chi connectivity index (χ1n) is 6.61. The lowest BCUT2D eigenvalue weighted by Crippen LogP contribution is -2.36. The molecule has 0 unspecified atom stereocenters. The van der Waals surface area contributed by atoms with Crippen LogP contribution in [0.1, 0.15) is 18.9 Å².